The van der Waals surface area contributed by atoms with Crippen LogP contribution < -0.4 is 10.9 Å². The van der Waals surface area contributed by atoms with Crippen molar-refractivity contribution < 1.29 is 13.2 Å². The lowest BCUT2D eigenvalue weighted by Crippen LogP contribution is -2.27. The van der Waals surface area contributed by atoms with E-state index in [9.17, 15) is 18.0 Å². The van der Waals surface area contributed by atoms with Crippen LogP contribution in [-0.2, 0) is 21.4 Å². The summed E-state index contributed by atoms with van der Waals surface area (Å²) >= 11 is 1.39. The third-order valence-electron chi connectivity index (χ3n) is 5.61. The molecule has 2 aromatic heterocycles. The monoisotopic (exact) mass is 496 g/mol. The number of hydrogen-bond acceptors (Lipinski definition) is 6. The van der Waals surface area contributed by atoms with Crippen molar-refractivity contribution >= 4 is 43.2 Å². The van der Waals surface area contributed by atoms with E-state index in [-0.39, 0.29) is 17.0 Å². The Morgan fingerprint density at radius 2 is 1.79 bits per heavy atom. The molecule has 176 valence electrons. The zero-order valence-electron chi connectivity index (χ0n) is 19.2. The summed E-state index contributed by atoms with van der Waals surface area (Å²) in [5, 5.41) is 5.10. The zero-order chi connectivity index (χ0) is 24.6. The van der Waals surface area contributed by atoms with Crippen LogP contribution in [0.2, 0.25) is 0 Å². The highest BCUT2D eigenvalue weighted by molar-refractivity contribution is 7.89. The fraction of sp³-hybridized carbons (Fsp3) is 0.208. The van der Waals surface area contributed by atoms with E-state index in [1.54, 1.807) is 0 Å². The van der Waals surface area contributed by atoms with Gasteiger partial charge in [-0.3, -0.25) is 14.2 Å². The van der Waals surface area contributed by atoms with Gasteiger partial charge in [0.15, 0.2) is 0 Å². The predicted molar refractivity (Wildman–Crippen MR) is 135 cm³/mol. The number of sulfonamides is 1. The molecule has 0 saturated heterocycles. The average molecular weight is 497 g/mol. The van der Waals surface area contributed by atoms with Crippen LogP contribution in [0.25, 0.3) is 21.3 Å². The van der Waals surface area contributed by atoms with E-state index in [0.29, 0.717) is 15.9 Å². The number of amides is 1. The Balaban J connectivity index is 1.58. The fourth-order valence-electron chi connectivity index (χ4n) is 3.48. The lowest BCUT2D eigenvalue weighted by Gasteiger charge is -2.12. The van der Waals surface area contributed by atoms with Crippen molar-refractivity contribution in [1.82, 2.24) is 13.9 Å². The molecular weight excluding hydrogens is 472 g/mol. The van der Waals surface area contributed by atoms with E-state index < -0.39 is 15.9 Å². The number of fused-ring (bicyclic) bond motifs is 1. The van der Waals surface area contributed by atoms with Gasteiger partial charge < -0.3 is 5.32 Å². The number of benzene rings is 2. The summed E-state index contributed by atoms with van der Waals surface area (Å²) in [4.78, 5) is 30.9. The molecule has 0 aliphatic rings. The molecule has 2 heterocycles. The number of aromatic nitrogens is 2. The maximum atomic E-state index is 13.2. The van der Waals surface area contributed by atoms with E-state index in [1.165, 1.54) is 66.2 Å². The molecule has 0 radical (unpaired) electrons. The molecule has 1 amide bonds. The van der Waals surface area contributed by atoms with Crippen molar-refractivity contribution in [2.24, 2.45) is 0 Å². The molecular formula is C24H24N4O4S2. The molecule has 0 bridgehead atoms. The normalized spacial score (nSPS) is 11.8. The van der Waals surface area contributed by atoms with Gasteiger partial charge in [0.2, 0.25) is 15.9 Å². The molecule has 8 nitrogen and oxygen atoms in total. The molecule has 1 N–H and O–H groups in total. The van der Waals surface area contributed by atoms with Gasteiger partial charge >= 0.3 is 0 Å². The molecule has 0 unspecified atom stereocenters. The van der Waals surface area contributed by atoms with Gasteiger partial charge in [-0.2, -0.15) is 0 Å². The van der Waals surface area contributed by atoms with Gasteiger partial charge in [-0.05, 0) is 54.8 Å². The number of hydrogen-bond donors (Lipinski definition) is 1. The van der Waals surface area contributed by atoms with Crippen LogP contribution in [0.4, 0.5) is 5.69 Å². The maximum absolute atomic E-state index is 13.2. The van der Waals surface area contributed by atoms with Crippen LogP contribution in [0.15, 0.2) is 63.9 Å². The molecule has 34 heavy (non-hydrogen) atoms. The van der Waals surface area contributed by atoms with Crippen molar-refractivity contribution in [3.63, 3.8) is 0 Å². The predicted octanol–water partition coefficient (Wildman–Crippen LogP) is 3.63. The highest BCUT2D eigenvalue weighted by atomic mass is 32.2. The van der Waals surface area contributed by atoms with E-state index in [2.05, 4.69) is 10.3 Å². The van der Waals surface area contributed by atoms with Gasteiger partial charge in [0.1, 0.15) is 11.4 Å². The zero-order valence-corrected chi connectivity index (χ0v) is 20.8. The van der Waals surface area contributed by atoms with Crippen molar-refractivity contribution in [2.45, 2.75) is 25.3 Å². The summed E-state index contributed by atoms with van der Waals surface area (Å²) in [5.74, 6) is -0.422. The van der Waals surface area contributed by atoms with Crippen LogP contribution in [0.3, 0.4) is 0 Å². The third kappa shape index (κ3) is 4.52. The standard InChI is InChI=1S/C24H24N4O4S2/c1-15-5-6-17(11-16(15)2)20-13-33-23-22(20)24(30)28(14-25-23)12-21(29)26-18-7-9-19(10-8-18)34(31,32)27(3)4/h5-11,13-14H,12H2,1-4H3,(H,26,29). The largest absolute Gasteiger partial charge is 0.325 e. The molecule has 0 aliphatic heterocycles. The van der Waals surface area contributed by atoms with Crippen molar-refractivity contribution in [2.75, 3.05) is 19.4 Å². The topological polar surface area (TPSA) is 101 Å². The Bertz CT molecular complexity index is 1550. The lowest BCUT2D eigenvalue weighted by atomic mass is 10.0. The summed E-state index contributed by atoms with van der Waals surface area (Å²) in [5.41, 5.74) is 4.17. The molecule has 2 aromatic carbocycles. The highest BCUT2D eigenvalue weighted by Gasteiger charge is 2.18. The first-order chi connectivity index (χ1) is 16.1. The van der Waals surface area contributed by atoms with Crippen LogP contribution in [0, 0.1) is 13.8 Å². The minimum absolute atomic E-state index is 0.123. The first-order valence-corrected chi connectivity index (χ1v) is 12.8. The summed E-state index contributed by atoms with van der Waals surface area (Å²) in [6.07, 6.45) is 1.37. The van der Waals surface area contributed by atoms with Crippen molar-refractivity contribution in [3.05, 3.63) is 75.7 Å². The molecule has 0 aliphatic carbocycles. The molecule has 0 atom stereocenters. The van der Waals surface area contributed by atoms with Gasteiger partial charge in [-0.15, -0.1) is 11.3 Å². The number of rotatable bonds is 6. The fourth-order valence-corrected chi connectivity index (χ4v) is 5.29. The van der Waals surface area contributed by atoms with Gasteiger partial charge in [0, 0.05) is 30.7 Å². The van der Waals surface area contributed by atoms with Crippen LogP contribution in [0.1, 0.15) is 11.1 Å². The van der Waals surface area contributed by atoms with Crippen LogP contribution >= 0.6 is 11.3 Å². The quantitative estimate of drug-likeness (QED) is 0.439. The van der Waals surface area contributed by atoms with Crippen LogP contribution in [-0.4, -0.2) is 42.3 Å². The SMILES string of the molecule is Cc1ccc(-c2csc3ncn(CC(=O)Nc4ccc(S(=O)(=O)N(C)C)cc4)c(=O)c23)cc1C. The number of carbonyl (C=O) groups is 1. The number of carbonyl (C=O) groups excluding carboxylic acids is 1. The number of nitrogens with zero attached hydrogens (tertiary/aromatic N) is 3. The molecule has 0 spiro atoms. The highest BCUT2D eigenvalue weighted by Crippen LogP contribution is 2.31. The lowest BCUT2D eigenvalue weighted by molar-refractivity contribution is -0.116. The van der Waals surface area contributed by atoms with E-state index >= 15 is 0 Å². The molecule has 0 saturated carbocycles. The number of anilines is 1. The van der Waals surface area contributed by atoms with Crippen LogP contribution in [0.5, 0.6) is 0 Å². The third-order valence-corrected chi connectivity index (χ3v) is 8.32. The average Bonchev–Trinajstić information content (AvgIpc) is 3.23. The van der Waals surface area contributed by atoms with E-state index in [4.69, 9.17) is 0 Å². The molecule has 10 heteroatoms. The molecule has 4 aromatic rings. The van der Waals surface area contributed by atoms with Gasteiger partial charge in [0.05, 0.1) is 16.6 Å². The maximum Gasteiger partial charge on any atom is 0.263 e. The van der Waals surface area contributed by atoms with Gasteiger partial charge in [0.25, 0.3) is 5.56 Å². The second-order valence-electron chi connectivity index (χ2n) is 8.17. The number of aryl methyl sites for hydroxylation is 2. The van der Waals surface area contributed by atoms with Gasteiger partial charge in [-0.1, -0.05) is 18.2 Å². The summed E-state index contributed by atoms with van der Waals surface area (Å²) in [7, 11) is -0.654. The Kier molecular flexibility index (Phi) is 6.39. The van der Waals surface area contributed by atoms with Crippen molar-refractivity contribution in [3.8, 4) is 11.1 Å². The minimum atomic E-state index is -3.56. The van der Waals surface area contributed by atoms with E-state index in [0.717, 1.165) is 21.0 Å². The Morgan fingerprint density at radius 3 is 2.44 bits per heavy atom. The Morgan fingerprint density at radius 1 is 1.09 bits per heavy atom. The number of nitrogens with one attached hydrogen (secondary N) is 1. The van der Waals surface area contributed by atoms with Crippen molar-refractivity contribution in [1.29, 1.82) is 0 Å². The first kappa shape index (κ1) is 23.8. The summed E-state index contributed by atoms with van der Waals surface area (Å²) < 4.78 is 26.8. The summed E-state index contributed by atoms with van der Waals surface area (Å²) in [6.45, 7) is 3.84. The summed E-state index contributed by atoms with van der Waals surface area (Å²) in [6, 6.07) is 11.9. The molecule has 0 fully saturated rings. The van der Waals surface area contributed by atoms with Gasteiger partial charge in [-0.25, -0.2) is 17.7 Å². The Hall–Kier alpha value is -3.34. The second kappa shape index (κ2) is 9.13. The minimum Gasteiger partial charge on any atom is -0.325 e. The smallest absolute Gasteiger partial charge is 0.263 e. The first-order valence-electron chi connectivity index (χ1n) is 10.4. The number of thiophene rings is 1. The Labute approximate surface area is 201 Å². The molecule has 4 rings (SSSR count). The van der Waals surface area contributed by atoms with E-state index in [1.807, 2.05) is 37.4 Å². The second-order valence-corrected chi connectivity index (χ2v) is 11.2.